The van der Waals surface area contributed by atoms with Gasteiger partial charge in [0.05, 0.1) is 17.0 Å². The van der Waals surface area contributed by atoms with Gasteiger partial charge in [0.15, 0.2) is 0 Å². The molecule has 1 saturated carbocycles. The van der Waals surface area contributed by atoms with E-state index < -0.39 is 0 Å². The van der Waals surface area contributed by atoms with E-state index in [1.54, 1.807) is 12.4 Å². The molecule has 2 fully saturated rings. The van der Waals surface area contributed by atoms with Crippen molar-refractivity contribution in [3.63, 3.8) is 0 Å². The molecule has 1 saturated heterocycles. The second kappa shape index (κ2) is 4.74. The van der Waals surface area contributed by atoms with Crippen molar-refractivity contribution in [1.29, 1.82) is 0 Å². The van der Waals surface area contributed by atoms with Gasteiger partial charge in [-0.3, -0.25) is 4.79 Å². The van der Waals surface area contributed by atoms with Crippen LogP contribution in [0.5, 0.6) is 0 Å². The number of nitrogens with zero attached hydrogens (tertiary/aromatic N) is 3. The molecule has 1 aliphatic carbocycles. The Labute approximate surface area is 120 Å². The van der Waals surface area contributed by atoms with E-state index in [4.69, 9.17) is 4.74 Å². The molecule has 0 aromatic carbocycles. The first kappa shape index (κ1) is 12.8. The Morgan fingerprint density at radius 1 is 1.53 bits per heavy atom. The molecule has 102 valence electrons. The number of halogens is 1. The van der Waals surface area contributed by atoms with Gasteiger partial charge in [0, 0.05) is 25.5 Å². The van der Waals surface area contributed by atoms with E-state index in [9.17, 15) is 4.79 Å². The minimum atomic E-state index is -0.342. The highest BCUT2D eigenvalue weighted by atomic mass is 79.9. The Kier molecular flexibility index (Phi) is 3.20. The van der Waals surface area contributed by atoms with Crippen LogP contribution in [0.3, 0.4) is 0 Å². The number of carbonyl (C=O) groups is 1. The highest BCUT2D eigenvalue weighted by Gasteiger charge is 2.55. The van der Waals surface area contributed by atoms with Crippen molar-refractivity contribution in [2.45, 2.75) is 19.3 Å². The summed E-state index contributed by atoms with van der Waals surface area (Å²) in [6.07, 6.45) is 6.58. The van der Waals surface area contributed by atoms with E-state index in [1.165, 1.54) is 7.11 Å². The van der Waals surface area contributed by atoms with Crippen molar-refractivity contribution < 1.29 is 9.53 Å². The largest absolute Gasteiger partial charge is 0.469 e. The molecule has 0 N–H and O–H groups in total. The maximum absolute atomic E-state index is 12.2. The van der Waals surface area contributed by atoms with E-state index in [1.807, 2.05) is 0 Å². The number of hydrogen-bond donors (Lipinski definition) is 0. The summed E-state index contributed by atoms with van der Waals surface area (Å²) in [6, 6.07) is 0. The molecule has 19 heavy (non-hydrogen) atoms. The van der Waals surface area contributed by atoms with E-state index in [-0.39, 0.29) is 11.4 Å². The molecule has 2 unspecified atom stereocenters. The third kappa shape index (κ3) is 2.02. The van der Waals surface area contributed by atoms with E-state index in [2.05, 4.69) is 30.8 Å². The van der Waals surface area contributed by atoms with Crippen molar-refractivity contribution >= 4 is 27.8 Å². The lowest BCUT2D eigenvalue weighted by Crippen LogP contribution is -2.37. The lowest BCUT2D eigenvalue weighted by Gasteiger charge is -2.25. The fourth-order valence-electron chi connectivity index (χ4n) is 3.45. The predicted octanol–water partition coefficient (Wildman–Crippen LogP) is 2.02. The molecule has 2 atom stereocenters. The minimum absolute atomic E-state index is 0.0744. The molecule has 2 aliphatic rings. The lowest BCUT2D eigenvalue weighted by molar-refractivity contribution is -0.152. The van der Waals surface area contributed by atoms with Crippen LogP contribution in [0.15, 0.2) is 16.9 Å². The zero-order valence-corrected chi connectivity index (χ0v) is 12.4. The maximum atomic E-state index is 12.2. The standard InChI is InChI=1S/C13H16BrN3O2/c1-19-11(18)13-4-2-3-9(13)7-17(8-13)12-15-5-10(14)6-16-12/h5-6,9H,2-4,7-8H2,1H3. The number of hydrogen-bond acceptors (Lipinski definition) is 5. The summed E-state index contributed by atoms with van der Waals surface area (Å²) in [5, 5.41) is 0. The zero-order chi connectivity index (χ0) is 13.5. The topological polar surface area (TPSA) is 55.3 Å². The molecule has 0 amide bonds. The van der Waals surface area contributed by atoms with Gasteiger partial charge in [0.25, 0.3) is 0 Å². The van der Waals surface area contributed by atoms with E-state index in [0.29, 0.717) is 18.4 Å². The average molecular weight is 326 g/mol. The molecule has 6 heteroatoms. The Hall–Kier alpha value is -1.17. The summed E-state index contributed by atoms with van der Waals surface area (Å²) >= 11 is 3.33. The predicted molar refractivity (Wildman–Crippen MR) is 73.7 cm³/mol. The average Bonchev–Trinajstić information content (AvgIpc) is 2.96. The van der Waals surface area contributed by atoms with Crippen LogP contribution in [0.4, 0.5) is 5.95 Å². The number of anilines is 1. The number of rotatable bonds is 2. The van der Waals surface area contributed by atoms with Crippen molar-refractivity contribution in [3.05, 3.63) is 16.9 Å². The van der Waals surface area contributed by atoms with Crippen molar-refractivity contribution in [2.24, 2.45) is 11.3 Å². The monoisotopic (exact) mass is 325 g/mol. The molecule has 1 aromatic heterocycles. The number of ether oxygens (including phenoxy) is 1. The summed E-state index contributed by atoms with van der Waals surface area (Å²) in [7, 11) is 1.48. The second-order valence-electron chi connectivity index (χ2n) is 5.32. The number of fused-ring (bicyclic) bond motifs is 1. The molecule has 2 heterocycles. The van der Waals surface area contributed by atoms with Gasteiger partial charge in [0.1, 0.15) is 0 Å². The summed E-state index contributed by atoms with van der Waals surface area (Å²) in [4.78, 5) is 22.9. The van der Waals surface area contributed by atoms with Gasteiger partial charge in [-0.25, -0.2) is 9.97 Å². The zero-order valence-electron chi connectivity index (χ0n) is 10.8. The highest BCUT2D eigenvalue weighted by Crippen LogP contribution is 2.49. The lowest BCUT2D eigenvalue weighted by atomic mass is 9.81. The third-order valence-electron chi connectivity index (χ3n) is 4.35. The number of carbonyl (C=O) groups excluding carboxylic acids is 1. The van der Waals surface area contributed by atoms with Crippen LogP contribution < -0.4 is 4.90 Å². The Morgan fingerprint density at radius 2 is 2.26 bits per heavy atom. The van der Waals surface area contributed by atoms with Crippen molar-refractivity contribution in [2.75, 3.05) is 25.1 Å². The van der Waals surface area contributed by atoms with Crippen LogP contribution in [0.25, 0.3) is 0 Å². The van der Waals surface area contributed by atoms with Gasteiger partial charge in [-0.05, 0) is 34.7 Å². The molecule has 3 rings (SSSR count). The first-order chi connectivity index (χ1) is 9.15. The van der Waals surface area contributed by atoms with E-state index >= 15 is 0 Å². The quantitative estimate of drug-likeness (QED) is 0.778. The fourth-order valence-corrected chi connectivity index (χ4v) is 3.65. The molecule has 1 aliphatic heterocycles. The Balaban J connectivity index is 1.85. The first-order valence-electron chi connectivity index (χ1n) is 6.46. The molecule has 5 nitrogen and oxygen atoms in total. The smallest absolute Gasteiger partial charge is 0.313 e. The van der Waals surface area contributed by atoms with Crippen LogP contribution in [-0.2, 0) is 9.53 Å². The van der Waals surface area contributed by atoms with Crippen LogP contribution in [-0.4, -0.2) is 36.1 Å². The molecule has 0 spiro atoms. The summed E-state index contributed by atoms with van der Waals surface area (Å²) in [5.74, 6) is 0.989. The van der Waals surface area contributed by atoms with Crippen molar-refractivity contribution in [1.82, 2.24) is 9.97 Å². The minimum Gasteiger partial charge on any atom is -0.469 e. The maximum Gasteiger partial charge on any atom is 0.313 e. The molecule has 0 radical (unpaired) electrons. The van der Waals surface area contributed by atoms with Crippen LogP contribution >= 0.6 is 15.9 Å². The Bertz CT molecular complexity index is 493. The highest BCUT2D eigenvalue weighted by molar-refractivity contribution is 9.10. The number of methoxy groups -OCH3 is 1. The fraction of sp³-hybridized carbons (Fsp3) is 0.615. The van der Waals surface area contributed by atoms with Crippen molar-refractivity contribution in [3.8, 4) is 0 Å². The van der Waals surface area contributed by atoms with E-state index in [0.717, 1.165) is 30.3 Å². The van der Waals surface area contributed by atoms with Gasteiger partial charge >= 0.3 is 5.97 Å². The van der Waals surface area contributed by atoms with Gasteiger partial charge in [-0.1, -0.05) is 6.42 Å². The van der Waals surface area contributed by atoms with Gasteiger partial charge < -0.3 is 9.64 Å². The molecular weight excluding hydrogens is 310 g/mol. The molecule has 0 bridgehead atoms. The van der Waals surface area contributed by atoms with Gasteiger partial charge in [-0.2, -0.15) is 0 Å². The van der Waals surface area contributed by atoms with Crippen LogP contribution in [0.1, 0.15) is 19.3 Å². The summed E-state index contributed by atoms with van der Waals surface area (Å²) in [5.41, 5.74) is -0.342. The number of esters is 1. The molecular formula is C13H16BrN3O2. The first-order valence-corrected chi connectivity index (χ1v) is 7.26. The Morgan fingerprint density at radius 3 is 2.95 bits per heavy atom. The normalized spacial score (nSPS) is 29.4. The summed E-state index contributed by atoms with van der Waals surface area (Å²) in [6.45, 7) is 1.52. The SMILES string of the molecule is COC(=O)C12CCCC1CN(c1ncc(Br)cn1)C2. The third-order valence-corrected chi connectivity index (χ3v) is 4.76. The van der Waals surface area contributed by atoms with Gasteiger partial charge in [-0.15, -0.1) is 0 Å². The second-order valence-corrected chi connectivity index (χ2v) is 6.23. The summed E-state index contributed by atoms with van der Waals surface area (Å²) < 4.78 is 5.89. The van der Waals surface area contributed by atoms with Gasteiger partial charge in [0.2, 0.25) is 5.95 Å². The van der Waals surface area contributed by atoms with Crippen LogP contribution in [0, 0.1) is 11.3 Å². The molecule has 1 aromatic rings. The van der Waals surface area contributed by atoms with Crippen LogP contribution in [0.2, 0.25) is 0 Å². The number of aromatic nitrogens is 2.